The van der Waals surface area contributed by atoms with Gasteiger partial charge in [-0.25, -0.2) is 4.98 Å². The minimum atomic E-state index is 0.247. The van der Waals surface area contributed by atoms with Gasteiger partial charge in [-0.3, -0.25) is 0 Å². The van der Waals surface area contributed by atoms with E-state index in [0.29, 0.717) is 0 Å². The number of fused-ring (bicyclic) bond motifs is 1. The van der Waals surface area contributed by atoms with Gasteiger partial charge in [-0.2, -0.15) is 0 Å². The van der Waals surface area contributed by atoms with E-state index in [1.807, 2.05) is 0 Å². The minimum absolute atomic E-state index is 0.247. The van der Waals surface area contributed by atoms with Crippen LogP contribution in [0.4, 0.5) is 0 Å². The van der Waals surface area contributed by atoms with Crippen molar-refractivity contribution in [1.82, 2.24) is 9.55 Å². The highest BCUT2D eigenvalue weighted by molar-refractivity contribution is 7.09. The van der Waals surface area contributed by atoms with Crippen molar-refractivity contribution in [3.8, 4) is 0 Å². The average molecular weight is 261 g/mol. The van der Waals surface area contributed by atoms with Crippen molar-refractivity contribution in [3.63, 3.8) is 0 Å². The number of hydrogen-bond donors (Lipinski definition) is 1. The second kappa shape index (κ2) is 4.86. The molecule has 18 heavy (non-hydrogen) atoms. The molecule has 1 aliphatic carbocycles. The fourth-order valence-electron chi connectivity index (χ4n) is 2.74. The topological polar surface area (TPSA) is 43.8 Å². The summed E-state index contributed by atoms with van der Waals surface area (Å²) >= 11 is 1.76. The molecule has 1 aliphatic rings. The summed E-state index contributed by atoms with van der Waals surface area (Å²) in [5.41, 5.74) is 10.1. The molecule has 0 amide bonds. The Kier molecular flexibility index (Phi) is 3.22. The summed E-state index contributed by atoms with van der Waals surface area (Å²) in [7, 11) is 0. The molecule has 3 nitrogen and oxygen atoms in total. The fraction of sp³-hybridized carbons (Fsp3) is 0.500. The highest BCUT2D eigenvalue weighted by Crippen LogP contribution is 2.28. The van der Waals surface area contributed by atoms with E-state index in [1.54, 1.807) is 11.3 Å². The summed E-state index contributed by atoms with van der Waals surface area (Å²) in [5.74, 6) is 0. The lowest BCUT2D eigenvalue weighted by Crippen LogP contribution is -2.18. The molecule has 0 bridgehead atoms. The van der Waals surface area contributed by atoms with Crippen LogP contribution in [0.3, 0.4) is 0 Å². The van der Waals surface area contributed by atoms with Crippen LogP contribution in [-0.2, 0) is 19.4 Å². The maximum Gasteiger partial charge on any atom is 0.0945 e. The van der Waals surface area contributed by atoms with Gasteiger partial charge in [0, 0.05) is 42.0 Å². The van der Waals surface area contributed by atoms with Gasteiger partial charge >= 0.3 is 0 Å². The number of rotatable bonds is 3. The number of thiazole rings is 1. The third-order valence-electron chi connectivity index (χ3n) is 3.68. The molecule has 0 spiro atoms. The number of nitrogens with zero attached hydrogens (tertiary/aromatic N) is 2. The van der Waals surface area contributed by atoms with Crippen molar-refractivity contribution >= 4 is 11.3 Å². The van der Waals surface area contributed by atoms with Crippen molar-refractivity contribution in [3.05, 3.63) is 39.6 Å². The summed E-state index contributed by atoms with van der Waals surface area (Å²) in [5, 5.41) is 3.35. The first-order valence-electron chi connectivity index (χ1n) is 6.58. The molecule has 2 N–H and O–H groups in total. The van der Waals surface area contributed by atoms with Gasteiger partial charge in [0.1, 0.15) is 0 Å². The van der Waals surface area contributed by atoms with E-state index in [-0.39, 0.29) is 6.04 Å². The standard InChI is InChI=1S/C14H19N3S/c1-10-9-18-14(16-10)6-8-17-7-5-11-12(15)3-2-4-13(11)17/h5,7,9,12H,2-4,6,8,15H2,1H3. The van der Waals surface area contributed by atoms with Gasteiger partial charge in [-0.15, -0.1) is 11.3 Å². The summed E-state index contributed by atoms with van der Waals surface area (Å²) in [6, 6.07) is 2.45. The first-order chi connectivity index (χ1) is 8.74. The third kappa shape index (κ3) is 2.22. The lowest BCUT2D eigenvalue weighted by atomic mass is 9.94. The molecule has 0 aliphatic heterocycles. The van der Waals surface area contributed by atoms with Gasteiger partial charge in [0.15, 0.2) is 0 Å². The van der Waals surface area contributed by atoms with E-state index in [4.69, 9.17) is 5.73 Å². The van der Waals surface area contributed by atoms with Crippen molar-refractivity contribution in [1.29, 1.82) is 0 Å². The second-order valence-corrected chi connectivity index (χ2v) is 5.99. The monoisotopic (exact) mass is 261 g/mol. The molecule has 1 atom stereocenters. The molecular formula is C14H19N3S. The largest absolute Gasteiger partial charge is 0.351 e. The highest BCUT2D eigenvalue weighted by Gasteiger charge is 2.19. The molecule has 0 saturated carbocycles. The zero-order valence-corrected chi connectivity index (χ0v) is 11.5. The Morgan fingerprint density at radius 1 is 1.56 bits per heavy atom. The molecule has 4 heteroatoms. The molecule has 0 saturated heterocycles. The third-order valence-corrected chi connectivity index (χ3v) is 4.70. The smallest absolute Gasteiger partial charge is 0.0945 e. The van der Waals surface area contributed by atoms with Crippen LogP contribution in [0.15, 0.2) is 17.6 Å². The molecular weight excluding hydrogens is 242 g/mol. The van der Waals surface area contributed by atoms with Crippen LogP contribution in [0, 0.1) is 6.92 Å². The lowest BCUT2D eigenvalue weighted by molar-refractivity contribution is 0.538. The summed E-state index contributed by atoms with van der Waals surface area (Å²) < 4.78 is 2.37. The average Bonchev–Trinajstić information content (AvgIpc) is 2.94. The van der Waals surface area contributed by atoms with Crippen LogP contribution >= 0.6 is 11.3 Å². The lowest BCUT2D eigenvalue weighted by Gasteiger charge is -2.20. The fourth-order valence-corrected chi connectivity index (χ4v) is 3.50. The molecule has 2 heterocycles. The number of aryl methyl sites for hydroxylation is 3. The van der Waals surface area contributed by atoms with Gasteiger partial charge < -0.3 is 10.3 Å². The Bertz CT molecular complexity index is 541. The van der Waals surface area contributed by atoms with E-state index in [0.717, 1.165) is 25.1 Å². The van der Waals surface area contributed by atoms with E-state index in [9.17, 15) is 0 Å². The van der Waals surface area contributed by atoms with Crippen molar-refractivity contribution < 1.29 is 0 Å². The summed E-state index contributed by atoms with van der Waals surface area (Å²) in [6.07, 6.45) is 6.73. The minimum Gasteiger partial charge on any atom is -0.351 e. The second-order valence-electron chi connectivity index (χ2n) is 5.04. The van der Waals surface area contributed by atoms with E-state index < -0.39 is 0 Å². The maximum absolute atomic E-state index is 6.15. The van der Waals surface area contributed by atoms with Crippen LogP contribution in [0.2, 0.25) is 0 Å². The first kappa shape index (κ1) is 11.9. The van der Waals surface area contributed by atoms with Crippen LogP contribution in [-0.4, -0.2) is 9.55 Å². The predicted octanol–water partition coefficient (Wildman–Crippen LogP) is 2.83. The molecule has 96 valence electrons. The van der Waals surface area contributed by atoms with E-state index in [1.165, 1.54) is 29.1 Å². The van der Waals surface area contributed by atoms with Gasteiger partial charge in [0.25, 0.3) is 0 Å². The summed E-state index contributed by atoms with van der Waals surface area (Å²) in [4.78, 5) is 4.52. The van der Waals surface area contributed by atoms with Crippen LogP contribution in [0.25, 0.3) is 0 Å². The van der Waals surface area contributed by atoms with Gasteiger partial charge in [-0.1, -0.05) is 0 Å². The molecule has 0 radical (unpaired) electrons. The Balaban J connectivity index is 1.73. The SMILES string of the molecule is Cc1csc(CCn2ccc3c2CCCC3N)n1. The molecule has 2 aromatic rings. The Morgan fingerprint density at radius 2 is 2.44 bits per heavy atom. The Hall–Kier alpha value is -1.13. The van der Waals surface area contributed by atoms with Gasteiger partial charge in [0.2, 0.25) is 0 Å². The van der Waals surface area contributed by atoms with Crippen LogP contribution in [0.5, 0.6) is 0 Å². The van der Waals surface area contributed by atoms with Gasteiger partial charge in [0.05, 0.1) is 5.01 Å². The Morgan fingerprint density at radius 3 is 3.22 bits per heavy atom. The van der Waals surface area contributed by atoms with E-state index in [2.05, 4.69) is 34.1 Å². The zero-order valence-electron chi connectivity index (χ0n) is 10.7. The van der Waals surface area contributed by atoms with Crippen molar-refractivity contribution in [2.45, 2.75) is 45.2 Å². The van der Waals surface area contributed by atoms with Gasteiger partial charge in [-0.05, 0) is 37.8 Å². The molecule has 2 aromatic heterocycles. The molecule has 3 rings (SSSR count). The zero-order chi connectivity index (χ0) is 12.5. The summed E-state index contributed by atoms with van der Waals surface area (Å²) in [6.45, 7) is 3.07. The number of nitrogens with two attached hydrogens (primary N) is 1. The van der Waals surface area contributed by atoms with Crippen LogP contribution < -0.4 is 5.73 Å². The molecule has 0 aromatic carbocycles. The van der Waals surface area contributed by atoms with Crippen molar-refractivity contribution in [2.24, 2.45) is 5.73 Å². The molecule has 0 fully saturated rings. The quantitative estimate of drug-likeness (QED) is 0.923. The maximum atomic E-state index is 6.15. The highest BCUT2D eigenvalue weighted by atomic mass is 32.1. The number of aromatic nitrogens is 2. The molecule has 1 unspecified atom stereocenters. The van der Waals surface area contributed by atoms with Crippen LogP contribution in [0.1, 0.15) is 40.8 Å². The predicted molar refractivity (Wildman–Crippen MR) is 74.9 cm³/mol. The Labute approximate surface area is 112 Å². The van der Waals surface area contributed by atoms with Crippen molar-refractivity contribution in [2.75, 3.05) is 0 Å². The number of hydrogen-bond acceptors (Lipinski definition) is 3. The first-order valence-corrected chi connectivity index (χ1v) is 7.46. The normalized spacial score (nSPS) is 18.9. The van der Waals surface area contributed by atoms with E-state index >= 15 is 0 Å².